The third-order valence-corrected chi connectivity index (χ3v) is 7.23. The molecule has 0 saturated heterocycles. The second-order valence-corrected chi connectivity index (χ2v) is 10.0. The van der Waals surface area contributed by atoms with Gasteiger partial charge in [-0.25, -0.2) is 13.0 Å². The first-order valence-electron chi connectivity index (χ1n) is 11.0. The number of rotatable bonds is 5. The summed E-state index contributed by atoms with van der Waals surface area (Å²) in [5, 5.41) is 2.57. The summed E-state index contributed by atoms with van der Waals surface area (Å²) in [6.45, 7) is 1.34. The molecule has 3 aromatic carbocycles. The van der Waals surface area contributed by atoms with Crippen LogP contribution in [-0.4, -0.2) is 30.5 Å². The standard InChI is InChI=1S/C26H20N4O5S/c1-16(31)27-17-11-13-18(14-12-17)36(34,35)28-23-24(26(33)20-8-4-3-7-19(20)25(23)32)30-15-29(2)21-9-5-6-10-22(21)30/h3-15H,1-2H3,(H-,27,28,31,33)/p+1. The second-order valence-electron chi connectivity index (χ2n) is 8.32. The van der Waals surface area contributed by atoms with E-state index in [1.54, 1.807) is 48.3 Å². The number of carbonyl (C=O) groups is 3. The number of hydrogen-bond acceptors (Lipinski definition) is 5. The van der Waals surface area contributed by atoms with Crippen LogP contribution in [0.15, 0.2) is 89.7 Å². The van der Waals surface area contributed by atoms with Gasteiger partial charge in [0, 0.05) is 23.7 Å². The van der Waals surface area contributed by atoms with Crippen LogP contribution in [0, 0.1) is 0 Å². The topological polar surface area (TPSA) is 118 Å². The molecule has 0 atom stereocenters. The van der Waals surface area contributed by atoms with E-state index in [4.69, 9.17) is 0 Å². The molecular weight excluding hydrogens is 480 g/mol. The van der Waals surface area contributed by atoms with E-state index in [2.05, 4.69) is 10.0 Å². The molecule has 10 heteroatoms. The third kappa shape index (κ3) is 3.87. The first-order valence-corrected chi connectivity index (χ1v) is 12.4. The van der Waals surface area contributed by atoms with E-state index in [-0.39, 0.29) is 33.3 Å². The number of aryl methyl sites for hydroxylation is 1. The Morgan fingerprint density at radius 1 is 0.861 bits per heavy atom. The Morgan fingerprint density at radius 2 is 1.47 bits per heavy atom. The molecule has 0 spiro atoms. The lowest BCUT2D eigenvalue weighted by Gasteiger charge is -2.20. The number of imidazole rings is 1. The second kappa shape index (κ2) is 8.58. The minimum atomic E-state index is -4.27. The van der Waals surface area contributed by atoms with Crippen molar-refractivity contribution in [1.29, 1.82) is 0 Å². The first kappa shape index (κ1) is 23.2. The fourth-order valence-corrected chi connectivity index (χ4v) is 5.31. The monoisotopic (exact) mass is 501 g/mol. The van der Waals surface area contributed by atoms with E-state index in [0.29, 0.717) is 11.2 Å². The van der Waals surface area contributed by atoms with Gasteiger partial charge >= 0.3 is 0 Å². The van der Waals surface area contributed by atoms with Crippen molar-refractivity contribution in [3.63, 3.8) is 0 Å². The average molecular weight is 502 g/mol. The molecule has 0 radical (unpaired) electrons. The smallest absolute Gasteiger partial charge is 0.262 e. The number of carbonyl (C=O) groups excluding carboxylic acids is 3. The number of hydrogen-bond donors (Lipinski definition) is 2. The Labute approximate surface area is 206 Å². The lowest BCUT2D eigenvalue weighted by Crippen LogP contribution is -2.35. The highest BCUT2D eigenvalue weighted by molar-refractivity contribution is 7.89. The van der Waals surface area contributed by atoms with Gasteiger partial charge in [-0.2, -0.15) is 4.57 Å². The molecule has 2 N–H and O–H groups in total. The van der Waals surface area contributed by atoms with Crippen LogP contribution in [0.5, 0.6) is 0 Å². The van der Waals surface area contributed by atoms with Crippen molar-refractivity contribution in [2.45, 2.75) is 11.8 Å². The number of Topliss-reactive ketones (excluding diaryl/α,β-unsaturated/α-hetero) is 2. The summed E-state index contributed by atoms with van der Waals surface area (Å²) in [7, 11) is -2.47. The van der Waals surface area contributed by atoms with Crippen LogP contribution in [0.25, 0.3) is 16.7 Å². The van der Waals surface area contributed by atoms with Crippen molar-refractivity contribution in [2.75, 3.05) is 5.32 Å². The molecule has 0 saturated carbocycles. The molecule has 1 heterocycles. The Kier molecular flexibility index (Phi) is 5.52. The van der Waals surface area contributed by atoms with Crippen LogP contribution in [0.3, 0.4) is 0 Å². The maximum Gasteiger partial charge on any atom is 0.262 e. The van der Waals surface area contributed by atoms with Crippen LogP contribution in [0.4, 0.5) is 5.69 Å². The number of para-hydroxylation sites is 2. The third-order valence-electron chi connectivity index (χ3n) is 5.87. The molecule has 5 rings (SSSR count). The number of benzene rings is 3. The van der Waals surface area contributed by atoms with Crippen molar-refractivity contribution in [1.82, 2.24) is 9.29 Å². The van der Waals surface area contributed by atoms with Gasteiger partial charge in [0.2, 0.25) is 29.5 Å². The lowest BCUT2D eigenvalue weighted by molar-refractivity contribution is -0.645. The van der Waals surface area contributed by atoms with E-state index in [1.165, 1.54) is 41.8 Å². The van der Waals surface area contributed by atoms with Crippen LogP contribution >= 0.6 is 0 Å². The van der Waals surface area contributed by atoms with Crippen molar-refractivity contribution < 1.29 is 27.4 Å². The predicted molar refractivity (Wildman–Crippen MR) is 133 cm³/mol. The summed E-state index contributed by atoms with van der Waals surface area (Å²) in [5.41, 5.74) is 1.73. The van der Waals surface area contributed by atoms with Crippen LogP contribution < -0.4 is 14.6 Å². The summed E-state index contributed by atoms with van der Waals surface area (Å²) in [5.74, 6) is -1.39. The summed E-state index contributed by atoms with van der Waals surface area (Å²) >= 11 is 0. The Morgan fingerprint density at radius 3 is 2.14 bits per heavy atom. The average Bonchev–Trinajstić information content (AvgIpc) is 3.18. The number of sulfonamides is 1. The van der Waals surface area contributed by atoms with Gasteiger partial charge in [0.25, 0.3) is 10.0 Å². The molecular formula is C26H21N4O5S+. The van der Waals surface area contributed by atoms with E-state index >= 15 is 0 Å². The zero-order valence-corrected chi connectivity index (χ0v) is 20.2. The van der Waals surface area contributed by atoms with Crippen molar-refractivity contribution in [2.24, 2.45) is 7.05 Å². The van der Waals surface area contributed by atoms with Gasteiger partial charge in [0.15, 0.2) is 11.0 Å². The molecule has 0 unspecified atom stereocenters. The highest BCUT2D eigenvalue weighted by Crippen LogP contribution is 2.31. The Balaban J connectivity index is 1.68. The Hall–Kier alpha value is -4.57. The van der Waals surface area contributed by atoms with Crippen molar-refractivity contribution >= 4 is 49.9 Å². The molecule has 1 amide bonds. The number of nitrogens with zero attached hydrogens (tertiary/aromatic N) is 2. The molecule has 1 aromatic heterocycles. The summed E-state index contributed by atoms with van der Waals surface area (Å²) < 4.78 is 32.4. The van der Waals surface area contributed by atoms with Gasteiger partial charge in [0.1, 0.15) is 5.70 Å². The SMILES string of the molecule is CC(=O)Nc1ccc(S(=O)(=O)NC2=C(n3c[n+](C)c4ccccc43)C(=O)c3ccccc3C2=O)cc1. The normalized spacial score (nSPS) is 13.6. The molecule has 0 bridgehead atoms. The van der Waals surface area contributed by atoms with Gasteiger partial charge in [-0.05, 0) is 36.4 Å². The number of amides is 1. The summed E-state index contributed by atoms with van der Waals surface area (Å²) in [4.78, 5) is 38.4. The van der Waals surface area contributed by atoms with Crippen molar-refractivity contribution in [3.05, 3.63) is 95.9 Å². The van der Waals surface area contributed by atoms with E-state index in [1.807, 2.05) is 12.1 Å². The molecule has 1 aliphatic carbocycles. The van der Waals surface area contributed by atoms with Crippen LogP contribution in [0.1, 0.15) is 27.6 Å². The number of aromatic nitrogens is 2. The molecule has 9 nitrogen and oxygen atoms in total. The Bertz CT molecular complexity index is 1720. The minimum Gasteiger partial charge on any atom is -0.326 e. The highest BCUT2D eigenvalue weighted by Gasteiger charge is 2.39. The number of nitrogens with one attached hydrogen (secondary N) is 2. The molecule has 180 valence electrons. The maximum absolute atomic E-state index is 13.7. The predicted octanol–water partition coefficient (Wildman–Crippen LogP) is 2.65. The zero-order chi connectivity index (χ0) is 25.6. The molecule has 1 aliphatic rings. The molecule has 36 heavy (non-hydrogen) atoms. The molecule has 0 fully saturated rings. The first-order chi connectivity index (χ1) is 17.2. The van der Waals surface area contributed by atoms with Gasteiger partial charge in [-0.3, -0.25) is 19.1 Å². The number of allylic oxidation sites excluding steroid dienone is 2. The number of anilines is 1. The largest absolute Gasteiger partial charge is 0.326 e. The fourth-order valence-electron chi connectivity index (χ4n) is 4.24. The quantitative estimate of drug-likeness (QED) is 0.408. The van der Waals surface area contributed by atoms with Gasteiger partial charge in [-0.1, -0.05) is 36.4 Å². The van der Waals surface area contributed by atoms with E-state index < -0.39 is 21.6 Å². The minimum absolute atomic E-state index is 0.0889. The molecule has 4 aromatic rings. The van der Waals surface area contributed by atoms with Gasteiger partial charge in [-0.15, -0.1) is 0 Å². The van der Waals surface area contributed by atoms with Gasteiger partial charge < -0.3 is 5.32 Å². The molecule has 0 aliphatic heterocycles. The summed E-state index contributed by atoms with van der Waals surface area (Å²) in [6, 6.07) is 19.1. The van der Waals surface area contributed by atoms with Crippen molar-refractivity contribution in [3.8, 4) is 0 Å². The fraction of sp³-hybridized carbons (Fsp3) is 0.0769. The summed E-state index contributed by atoms with van der Waals surface area (Å²) in [6.07, 6.45) is 1.63. The zero-order valence-electron chi connectivity index (χ0n) is 19.3. The number of ketones is 2. The van der Waals surface area contributed by atoms with Crippen LogP contribution in [-0.2, 0) is 21.9 Å². The van der Waals surface area contributed by atoms with E-state index in [0.717, 1.165) is 5.52 Å². The maximum atomic E-state index is 13.7. The number of fused-ring (bicyclic) bond motifs is 2. The van der Waals surface area contributed by atoms with E-state index in [9.17, 15) is 22.8 Å². The van der Waals surface area contributed by atoms with Crippen LogP contribution in [0.2, 0.25) is 0 Å². The lowest BCUT2D eigenvalue weighted by atomic mass is 9.90. The highest BCUT2D eigenvalue weighted by atomic mass is 32.2. The van der Waals surface area contributed by atoms with Gasteiger partial charge in [0.05, 0.1) is 11.9 Å².